The third kappa shape index (κ3) is 4.34. The second-order valence-corrected chi connectivity index (χ2v) is 5.77. The van der Waals surface area contributed by atoms with E-state index in [2.05, 4.69) is 32.9 Å². The van der Waals surface area contributed by atoms with Gasteiger partial charge in [-0.05, 0) is 44.1 Å². The quantitative estimate of drug-likeness (QED) is 0.556. The highest BCUT2D eigenvalue weighted by Gasteiger charge is 2.16. The molecule has 0 saturated carbocycles. The smallest absolute Gasteiger partial charge is 0.158 e. The van der Waals surface area contributed by atoms with Gasteiger partial charge < -0.3 is 0 Å². The number of carbonyl (C=O) groups is 1. The lowest BCUT2D eigenvalue weighted by molar-refractivity contribution is -0.118. The summed E-state index contributed by atoms with van der Waals surface area (Å²) in [4.78, 5) is 11.8. The highest BCUT2D eigenvalue weighted by atomic mass is 16.1. The topological polar surface area (TPSA) is 17.1 Å². The van der Waals surface area contributed by atoms with Crippen LogP contribution in [0.3, 0.4) is 0 Å². The average Bonchev–Trinajstić information content (AvgIpc) is 2.23. The van der Waals surface area contributed by atoms with Crippen LogP contribution in [0.5, 0.6) is 0 Å². The summed E-state index contributed by atoms with van der Waals surface area (Å²) in [5.74, 6) is 0.463. The van der Waals surface area contributed by atoms with Gasteiger partial charge in [-0.15, -0.1) is 0 Å². The minimum atomic E-state index is 0.0982. The Hall–Kier alpha value is -0.850. The van der Waals surface area contributed by atoms with Crippen molar-refractivity contribution >= 4 is 5.78 Å². The minimum Gasteiger partial charge on any atom is -0.295 e. The zero-order chi connectivity index (χ0) is 12.2. The summed E-state index contributed by atoms with van der Waals surface area (Å²) in [6.07, 6.45) is 10.5. The first-order valence-electron chi connectivity index (χ1n) is 6.29. The molecule has 1 aliphatic rings. The van der Waals surface area contributed by atoms with E-state index in [9.17, 15) is 4.79 Å². The molecule has 0 spiro atoms. The van der Waals surface area contributed by atoms with Gasteiger partial charge in [0.05, 0.1) is 0 Å². The molecule has 1 unspecified atom stereocenters. The molecule has 0 bridgehead atoms. The van der Waals surface area contributed by atoms with E-state index >= 15 is 0 Å². The summed E-state index contributed by atoms with van der Waals surface area (Å²) in [6, 6.07) is 0. The lowest BCUT2D eigenvalue weighted by Gasteiger charge is -2.18. The first-order chi connectivity index (χ1) is 7.41. The van der Waals surface area contributed by atoms with Crippen molar-refractivity contribution in [2.75, 3.05) is 0 Å². The molecule has 1 atom stereocenters. The first-order valence-corrected chi connectivity index (χ1v) is 6.29. The van der Waals surface area contributed by atoms with Gasteiger partial charge in [0.2, 0.25) is 0 Å². The summed E-state index contributed by atoms with van der Waals surface area (Å²) < 4.78 is 0. The zero-order valence-electron chi connectivity index (χ0n) is 11.0. The fraction of sp³-hybridized carbons (Fsp3) is 0.667. The Labute approximate surface area is 99.6 Å². The van der Waals surface area contributed by atoms with Crippen LogP contribution in [0.15, 0.2) is 23.8 Å². The van der Waals surface area contributed by atoms with Crippen molar-refractivity contribution in [1.82, 2.24) is 0 Å². The number of hydrogen-bond donors (Lipinski definition) is 0. The number of allylic oxidation sites excluding steroid dienone is 4. The molecule has 1 aliphatic carbocycles. The predicted molar refractivity (Wildman–Crippen MR) is 69.3 cm³/mol. The van der Waals surface area contributed by atoms with Crippen molar-refractivity contribution in [1.29, 1.82) is 0 Å². The summed E-state index contributed by atoms with van der Waals surface area (Å²) in [7, 11) is 0. The SMILES string of the molecule is C/C1=C/CC(C)(C)/C=C\C(=O)C(C)CCC1. The van der Waals surface area contributed by atoms with Gasteiger partial charge >= 0.3 is 0 Å². The fourth-order valence-electron chi connectivity index (χ4n) is 1.91. The molecular weight excluding hydrogens is 196 g/mol. The van der Waals surface area contributed by atoms with Crippen molar-refractivity contribution in [2.24, 2.45) is 11.3 Å². The largest absolute Gasteiger partial charge is 0.295 e. The molecule has 0 amide bonds. The molecule has 0 saturated heterocycles. The van der Waals surface area contributed by atoms with Gasteiger partial charge in [0, 0.05) is 5.92 Å². The monoisotopic (exact) mass is 220 g/mol. The Bertz CT molecular complexity index is 307. The van der Waals surface area contributed by atoms with Crippen LogP contribution in [0.4, 0.5) is 0 Å². The second-order valence-electron chi connectivity index (χ2n) is 5.77. The maximum atomic E-state index is 11.8. The normalized spacial score (nSPS) is 32.4. The van der Waals surface area contributed by atoms with Crippen LogP contribution in [-0.2, 0) is 4.79 Å². The molecule has 1 heteroatoms. The molecule has 1 nitrogen and oxygen atoms in total. The zero-order valence-corrected chi connectivity index (χ0v) is 11.0. The van der Waals surface area contributed by atoms with E-state index in [1.807, 2.05) is 6.92 Å². The number of carbonyl (C=O) groups excluding carboxylic acids is 1. The van der Waals surface area contributed by atoms with Crippen molar-refractivity contribution in [2.45, 2.75) is 53.4 Å². The van der Waals surface area contributed by atoms with Crippen LogP contribution >= 0.6 is 0 Å². The van der Waals surface area contributed by atoms with Crippen LogP contribution < -0.4 is 0 Å². The lowest BCUT2D eigenvalue weighted by Crippen LogP contribution is -2.10. The maximum absolute atomic E-state index is 11.8. The Morgan fingerprint density at radius 3 is 2.75 bits per heavy atom. The van der Waals surface area contributed by atoms with Gasteiger partial charge in [-0.25, -0.2) is 0 Å². The van der Waals surface area contributed by atoms with Crippen molar-refractivity contribution in [3.63, 3.8) is 0 Å². The Morgan fingerprint density at radius 1 is 1.38 bits per heavy atom. The Morgan fingerprint density at radius 2 is 2.06 bits per heavy atom. The molecule has 0 aromatic heterocycles. The Balaban J connectivity index is 2.83. The third-order valence-electron chi connectivity index (χ3n) is 3.37. The van der Waals surface area contributed by atoms with Crippen LogP contribution in [0.1, 0.15) is 53.4 Å². The fourth-order valence-corrected chi connectivity index (χ4v) is 1.91. The Kier molecular flexibility index (Phi) is 4.52. The number of hydrogen-bond acceptors (Lipinski definition) is 1. The van der Waals surface area contributed by atoms with E-state index in [1.54, 1.807) is 6.08 Å². The third-order valence-corrected chi connectivity index (χ3v) is 3.37. The number of rotatable bonds is 0. The molecule has 0 heterocycles. The maximum Gasteiger partial charge on any atom is 0.158 e. The molecule has 0 N–H and O–H groups in total. The van der Waals surface area contributed by atoms with Gasteiger partial charge in [-0.1, -0.05) is 38.5 Å². The molecule has 0 radical (unpaired) electrons. The van der Waals surface area contributed by atoms with Crippen molar-refractivity contribution in [3.05, 3.63) is 23.8 Å². The molecule has 0 aromatic carbocycles. The van der Waals surface area contributed by atoms with Crippen LogP contribution in [0, 0.1) is 11.3 Å². The lowest BCUT2D eigenvalue weighted by atomic mass is 9.87. The van der Waals surface area contributed by atoms with Crippen LogP contribution in [-0.4, -0.2) is 5.78 Å². The van der Waals surface area contributed by atoms with E-state index < -0.39 is 0 Å². The molecule has 90 valence electrons. The van der Waals surface area contributed by atoms with Gasteiger partial charge in [-0.3, -0.25) is 4.79 Å². The van der Waals surface area contributed by atoms with Crippen LogP contribution in [0.2, 0.25) is 0 Å². The molecular formula is C15H24O. The first kappa shape index (κ1) is 13.2. The van der Waals surface area contributed by atoms with Gasteiger partial charge in [0.1, 0.15) is 0 Å². The molecule has 1 rings (SSSR count). The molecule has 0 fully saturated rings. The van der Waals surface area contributed by atoms with Gasteiger partial charge in [-0.2, -0.15) is 0 Å². The second kappa shape index (κ2) is 5.47. The van der Waals surface area contributed by atoms with E-state index in [0.717, 1.165) is 25.7 Å². The van der Waals surface area contributed by atoms with E-state index in [1.165, 1.54) is 5.57 Å². The predicted octanol–water partition coefficient (Wildman–Crippen LogP) is 4.29. The van der Waals surface area contributed by atoms with Gasteiger partial charge in [0.25, 0.3) is 0 Å². The highest BCUT2D eigenvalue weighted by molar-refractivity contribution is 5.91. The average molecular weight is 220 g/mol. The van der Waals surface area contributed by atoms with E-state index in [4.69, 9.17) is 0 Å². The van der Waals surface area contributed by atoms with E-state index in [0.29, 0.717) is 0 Å². The summed E-state index contributed by atoms with van der Waals surface area (Å²) in [5.41, 5.74) is 1.56. The summed E-state index contributed by atoms with van der Waals surface area (Å²) in [5, 5.41) is 0. The summed E-state index contributed by atoms with van der Waals surface area (Å²) >= 11 is 0. The van der Waals surface area contributed by atoms with E-state index in [-0.39, 0.29) is 17.1 Å². The van der Waals surface area contributed by atoms with Crippen LogP contribution in [0.25, 0.3) is 0 Å². The van der Waals surface area contributed by atoms with Crippen molar-refractivity contribution in [3.8, 4) is 0 Å². The highest BCUT2D eigenvalue weighted by Crippen LogP contribution is 2.26. The number of ketones is 1. The van der Waals surface area contributed by atoms with Crippen molar-refractivity contribution < 1.29 is 4.79 Å². The van der Waals surface area contributed by atoms with Gasteiger partial charge in [0.15, 0.2) is 5.78 Å². The summed E-state index contributed by atoms with van der Waals surface area (Å²) in [6.45, 7) is 8.60. The molecule has 16 heavy (non-hydrogen) atoms. The minimum absolute atomic E-state index is 0.0982. The molecule has 0 aromatic rings. The standard InChI is InChI=1S/C15H24O/c1-12-6-5-7-13(2)14(16)9-11-15(3,4)10-8-12/h8-9,11,13H,5-7,10H2,1-4H3/b11-9-,12-8-. The molecule has 0 aliphatic heterocycles.